The third-order valence-corrected chi connectivity index (χ3v) is 3.36. The zero-order chi connectivity index (χ0) is 9.35. The number of alkyl halides is 1. The molecular weight excluding hydrogens is 153 g/mol. The zero-order valence-electron chi connectivity index (χ0n) is 8.60. The van der Waals surface area contributed by atoms with Crippen LogP contribution in [0.4, 0.5) is 4.39 Å². The molecule has 1 heterocycles. The standard InChI is InChI=1S/C10H20FN/c1-8(2)10(3,4)12-6-5-9(11)7-12/h8-9H,5-7H2,1-4H3. The first-order valence-corrected chi connectivity index (χ1v) is 4.83. The van der Waals surface area contributed by atoms with Crippen molar-refractivity contribution in [2.75, 3.05) is 13.1 Å². The first-order chi connectivity index (χ1) is 5.44. The van der Waals surface area contributed by atoms with Crippen molar-refractivity contribution in [1.29, 1.82) is 0 Å². The van der Waals surface area contributed by atoms with Gasteiger partial charge >= 0.3 is 0 Å². The van der Waals surface area contributed by atoms with Gasteiger partial charge in [0.25, 0.3) is 0 Å². The van der Waals surface area contributed by atoms with E-state index in [4.69, 9.17) is 0 Å². The average Bonchev–Trinajstić information content (AvgIpc) is 2.35. The highest BCUT2D eigenvalue weighted by Gasteiger charge is 2.35. The van der Waals surface area contributed by atoms with E-state index in [0.717, 1.165) is 13.0 Å². The normalized spacial score (nSPS) is 27.0. The molecule has 0 N–H and O–H groups in total. The van der Waals surface area contributed by atoms with Crippen molar-refractivity contribution in [3.63, 3.8) is 0 Å². The van der Waals surface area contributed by atoms with Gasteiger partial charge < -0.3 is 0 Å². The van der Waals surface area contributed by atoms with E-state index in [0.29, 0.717) is 12.5 Å². The molecule has 12 heavy (non-hydrogen) atoms. The Kier molecular flexibility index (Phi) is 2.77. The molecule has 2 heteroatoms. The van der Waals surface area contributed by atoms with E-state index < -0.39 is 6.17 Å². The van der Waals surface area contributed by atoms with Crippen LogP contribution in [0.15, 0.2) is 0 Å². The highest BCUT2D eigenvalue weighted by atomic mass is 19.1. The van der Waals surface area contributed by atoms with Crippen LogP contribution in [-0.2, 0) is 0 Å². The van der Waals surface area contributed by atoms with Gasteiger partial charge in [0.15, 0.2) is 0 Å². The molecule has 0 aromatic heterocycles. The van der Waals surface area contributed by atoms with Gasteiger partial charge in [-0.25, -0.2) is 4.39 Å². The number of hydrogen-bond donors (Lipinski definition) is 0. The number of rotatable bonds is 2. The van der Waals surface area contributed by atoms with Crippen molar-refractivity contribution in [3.8, 4) is 0 Å². The highest BCUT2D eigenvalue weighted by Crippen LogP contribution is 2.28. The molecule has 1 rings (SSSR count). The van der Waals surface area contributed by atoms with E-state index in [1.54, 1.807) is 0 Å². The lowest BCUT2D eigenvalue weighted by Gasteiger charge is -2.39. The largest absolute Gasteiger partial charge is 0.295 e. The lowest BCUT2D eigenvalue weighted by atomic mass is 9.89. The highest BCUT2D eigenvalue weighted by molar-refractivity contribution is 4.89. The predicted molar refractivity (Wildman–Crippen MR) is 50.0 cm³/mol. The van der Waals surface area contributed by atoms with Crippen molar-refractivity contribution in [1.82, 2.24) is 4.90 Å². The van der Waals surface area contributed by atoms with Gasteiger partial charge in [-0.15, -0.1) is 0 Å². The van der Waals surface area contributed by atoms with E-state index in [9.17, 15) is 4.39 Å². The van der Waals surface area contributed by atoms with Gasteiger partial charge in [0.2, 0.25) is 0 Å². The molecule has 72 valence electrons. The lowest BCUT2D eigenvalue weighted by Crippen LogP contribution is -2.46. The molecule has 0 bridgehead atoms. The van der Waals surface area contributed by atoms with E-state index in [1.807, 2.05) is 0 Å². The third-order valence-electron chi connectivity index (χ3n) is 3.36. The summed E-state index contributed by atoms with van der Waals surface area (Å²) in [5.41, 5.74) is 0.154. The molecule has 1 fully saturated rings. The van der Waals surface area contributed by atoms with Crippen LogP contribution in [0.5, 0.6) is 0 Å². The van der Waals surface area contributed by atoms with Crippen molar-refractivity contribution < 1.29 is 4.39 Å². The van der Waals surface area contributed by atoms with Crippen LogP contribution >= 0.6 is 0 Å². The Bertz CT molecular complexity index is 154. The predicted octanol–water partition coefficient (Wildman–Crippen LogP) is 2.46. The quantitative estimate of drug-likeness (QED) is 0.620. The molecule has 1 unspecified atom stereocenters. The van der Waals surface area contributed by atoms with Crippen LogP contribution < -0.4 is 0 Å². The summed E-state index contributed by atoms with van der Waals surface area (Å²) in [7, 11) is 0. The van der Waals surface area contributed by atoms with Crippen LogP contribution in [0.25, 0.3) is 0 Å². The van der Waals surface area contributed by atoms with Gasteiger partial charge in [0, 0.05) is 18.6 Å². The second-order valence-corrected chi connectivity index (χ2v) is 4.64. The van der Waals surface area contributed by atoms with Crippen LogP contribution in [0.1, 0.15) is 34.1 Å². The van der Waals surface area contributed by atoms with Crippen LogP contribution in [0, 0.1) is 5.92 Å². The van der Waals surface area contributed by atoms with Crippen molar-refractivity contribution >= 4 is 0 Å². The molecule has 0 aromatic rings. The van der Waals surface area contributed by atoms with Gasteiger partial charge in [-0.3, -0.25) is 4.90 Å². The monoisotopic (exact) mass is 173 g/mol. The third kappa shape index (κ3) is 1.79. The molecule has 0 aromatic carbocycles. The maximum atomic E-state index is 12.9. The number of nitrogens with zero attached hydrogens (tertiary/aromatic N) is 1. The van der Waals surface area contributed by atoms with E-state index in [2.05, 4.69) is 32.6 Å². The molecule has 0 aliphatic carbocycles. The zero-order valence-corrected chi connectivity index (χ0v) is 8.60. The minimum absolute atomic E-state index is 0.154. The van der Waals surface area contributed by atoms with Crippen molar-refractivity contribution in [2.45, 2.75) is 45.8 Å². The second kappa shape index (κ2) is 3.33. The molecule has 0 amide bonds. The number of hydrogen-bond acceptors (Lipinski definition) is 1. The van der Waals surface area contributed by atoms with E-state index in [-0.39, 0.29) is 5.54 Å². The molecule has 0 saturated carbocycles. The SMILES string of the molecule is CC(C)C(C)(C)N1CCC(F)C1. The molecular formula is C10H20FN. The molecule has 1 aliphatic rings. The number of likely N-dealkylation sites (tertiary alicyclic amines) is 1. The van der Waals surface area contributed by atoms with Gasteiger partial charge in [0.05, 0.1) is 0 Å². The van der Waals surface area contributed by atoms with Crippen LogP contribution in [-0.4, -0.2) is 29.7 Å². The Hall–Kier alpha value is -0.110. The smallest absolute Gasteiger partial charge is 0.114 e. The minimum Gasteiger partial charge on any atom is -0.295 e. The van der Waals surface area contributed by atoms with Gasteiger partial charge in [-0.1, -0.05) is 13.8 Å². The van der Waals surface area contributed by atoms with Crippen molar-refractivity contribution in [3.05, 3.63) is 0 Å². The lowest BCUT2D eigenvalue weighted by molar-refractivity contribution is 0.0961. The summed E-state index contributed by atoms with van der Waals surface area (Å²) in [5.74, 6) is 0.586. The fourth-order valence-corrected chi connectivity index (χ4v) is 1.61. The summed E-state index contributed by atoms with van der Waals surface area (Å²) < 4.78 is 12.9. The van der Waals surface area contributed by atoms with Gasteiger partial charge in [0.1, 0.15) is 6.17 Å². The summed E-state index contributed by atoms with van der Waals surface area (Å²) in [5, 5.41) is 0. The Morgan fingerprint density at radius 3 is 2.33 bits per heavy atom. The number of halogens is 1. The summed E-state index contributed by atoms with van der Waals surface area (Å²) in [6, 6.07) is 0. The summed E-state index contributed by atoms with van der Waals surface area (Å²) in [4.78, 5) is 2.27. The van der Waals surface area contributed by atoms with E-state index >= 15 is 0 Å². The Balaban J connectivity index is 2.57. The Morgan fingerprint density at radius 2 is 2.00 bits per heavy atom. The molecule has 1 nitrogen and oxygen atoms in total. The summed E-state index contributed by atoms with van der Waals surface area (Å²) in [6.07, 6.45) is 0.124. The van der Waals surface area contributed by atoms with Gasteiger partial charge in [-0.2, -0.15) is 0 Å². The topological polar surface area (TPSA) is 3.24 Å². The van der Waals surface area contributed by atoms with Gasteiger partial charge in [-0.05, 0) is 26.2 Å². The molecule has 1 atom stereocenters. The van der Waals surface area contributed by atoms with Crippen LogP contribution in [0.2, 0.25) is 0 Å². The maximum Gasteiger partial charge on any atom is 0.114 e. The maximum absolute atomic E-state index is 12.9. The fourth-order valence-electron chi connectivity index (χ4n) is 1.61. The molecule has 0 radical (unpaired) electrons. The Morgan fingerprint density at radius 1 is 1.42 bits per heavy atom. The Labute approximate surface area is 74.9 Å². The molecule has 1 aliphatic heterocycles. The average molecular weight is 173 g/mol. The van der Waals surface area contributed by atoms with E-state index in [1.165, 1.54) is 0 Å². The van der Waals surface area contributed by atoms with Crippen molar-refractivity contribution in [2.24, 2.45) is 5.92 Å². The summed E-state index contributed by atoms with van der Waals surface area (Å²) in [6.45, 7) is 10.4. The second-order valence-electron chi connectivity index (χ2n) is 4.64. The first-order valence-electron chi connectivity index (χ1n) is 4.83. The first kappa shape index (κ1) is 9.97. The molecule has 1 saturated heterocycles. The fraction of sp³-hybridized carbons (Fsp3) is 1.00. The minimum atomic E-state index is -0.594. The summed E-state index contributed by atoms with van der Waals surface area (Å²) >= 11 is 0. The van der Waals surface area contributed by atoms with Crippen LogP contribution in [0.3, 0.4) is 0 Å². The molecule has 0 spiro atoms.